The van der Waals surface area contributed by atoms with Crippen molar-refractivity contribution >= 4 is 40.6 Å². The molecule has 0 aliphatic carbocycles. The highest BCUT2D eigenvalue weighted by Crippen LogP contribution is 2.37. The lowest BCUT2D eigenvalue weighted by Gasteiger charge is -2.01. The van der Waals surface area contributed by atoms with E-state index in [0.717, 1.165) is 0 Å². The van der Waals surface area contributed by atoms with Gasteiger partial charge in [-0.1, -0.05) is 40.9 Å². The second-order valence-electron chi connectivity index (χ2n) is 3.24. The SMILES string of the molecule is O=[N+]([O-])c1cc(Cl)c(-c2cccc(Cl)c2Cl)[nH]1. The van der Waals surface area contributed by atoms with Crippen molar-refractivity contribution in [3.05, 3.63) is 49.4 Å². The van der Waals surface area contributed by atoms with Gasteiger partial charge in [0.1, 0.15) is 0 Å². The van der Waals surface area contributed by atoms with E-state index in [9.17, 15) is 10.1 Å². The molecule has 0 saturated carbocycles. The molecule has 17 heavy (non-hydrogen) atoms. The maximum absolute atomic E-state index is 10.6. The summed E-state index contributed by atoms with van der Waals surface area (Å²) >= 11 is 17.8. The molecule has 0 atom stereocenters. The molecule has 0 saturated heterocycles. The Bertz CT molecular complexity index is 595. The predicted molar refractivity (Wildman–Crippen MR) is 67.9 cm³/mol. The quantitative estimate of drug-likeness (QED) is 0.652. The molecule has 0 amide bonds. The van der Waals surface area contributed by atoms with Gasteiger partial charge in [-0.3, -0.25) is 0 Å². The zero-order valence-corrected chi connectivity index (χ0v) is 10.5. The van der Waals surface area contributed by atoms with Crippen LogP contribution < -0.4 is 0 Å². The van der Waals surface area contributed by atoms with E-state index >= 15 is 0 Å². The van der Waals surface area contributed by atoms with E-state index in [4.69, 9.17) is 34.8 Å². The molecule has 4 nitrogen and oxygen atoms in total. The summed E-state index contributed by atoms with van der Waals surface area (Å²) in [5.74, 6) is -0.193. The Hall–Kier alpha value is -1.23. The van der Waals surface area contributed by atoms with E-state index < -0.39 is 4.92 Å². The summed E-state index contributed by atoms with van der Waals surface area (Å²) in [6.07, 6.45) is 0. The zero-order valence-electron chi connectivity index (χ0n) is 8.21. The van der Waals surface area contributed by atoms with Crippen LogP contribution in [0.4, 0.5) is 5.82 Å². The molecule has 1 heterocycles. The maximum Gasteiger partial charge on any atom is 0.322 e. The Labute approximate surface area is 111 Å². The Balaban J connectivity index is 2.60. The summed E-state index contributed by atoms with van der Waals surface area (Å²) in [4.78, 5) is 12.6. The van der Waals surface area contributed by atoms with Gasteiger partial charge in [0.05, 0.1) is 21.1 Å². The van der Waals surface area contributed by atoms with Gasteiger partial charge in [-0.05, 0) is 17.1 Å². The Kier molecular flexibility index (Phi) is 3.28. The summed E-state index contributed by atoms with van der Waals surface area (Å²) in [6, 6.07) is 6.22. The molecule has 0 bridgehead atoms. The van der Waals surface area contributed by atoms with Gasteiger partial charge in [0.25, 0.3) is 0 Å². The molecule has 2 rings (SSSR count). The first-order valence-electron chi connectivity index (χ1n) is 4.48. The van der Waals surface area contributed by atoms with Gasteiger partial charge < -0.3 is 10.1 Å². The third-order valence-electron chi connectivity index (χ3n) is 2.17. The van der Waals surface area contributed by atoms with Crippen LogP contribution in [0, 0.1) is 10.1 Å². The van der Waals surface area contributed by atoms with E-state index in [1.807, 2.05) is 0 Å². The number of rotatable bonds is 2. The van der Waals surface area contributed by atoms with Crippen LogP contribution in [-0.2, 0) is 0 Å². The van der Waals surface area contributed by atoms with Crippen LogP contribution in [-0.4, -0.2) is 9.91 Å². The molecule has 0 fully saturated rings. The van der Waals surface area contributed by atoms with Gasteiger partial charge in [-0.2, -0.15) is 0 Å². The lowest BCUT2D eigenvalue weighted by molar-refractivity contribution is -0.389. The second-order valence-corrected chi connectivity index (χ2v) is 4.43. The highest BCUT2D eigenvalue weighted by Gasteiger charge is 2.19. The molecular weight excluding hydrogens is 286 g/mol. The Morgan fingerprint density at radius 3 is 2.47 bits per heavy atom. The molecule has 2 aromatic rings. The smallest absolute Gasteiger partial charge is 0.322 e. The number of nitrogens with one attached hydrogen (secondary N) is 1. The van der Waals surface area contributed by atoms with Crippen LogP contribution >= 0.6 is 34.8 Å². The number of H-pyrrole nitrogens is 1. The molecule has 88 valence electrons. The van der Waals surface area contributed by atoms with Crippen molar-refractivity contribution in [1.82, 2.24) is 4.98 Å². The van der Waals surface area contributed by atoms with Crippen LogP contribution in [0.5, 0.6) is 0 Å². The molecule has 1 aromatic heterocycles. The maximum atomic E-state index is 10.6. The van der Waals surface area contributed by atoms with Gasteiger partial charge in [0, 0.05) is 5.56 Å². The number of hydrogen-bond donors (Lipinski definition) is 1. The number of aromatic amines is 1. The molecule has 0 spiro atoms. The molecule has 1 aromatic carbocycles. The minimum Gasteiger partial charge on any atom is -0.358 e. The predicted octanol–water partition coefficient (Wildman–Crippen LogP) is 4.55. The standard InChI is InChI=1S/C10H5Cl3N2O2/c11-6-3-1-2-5(9(6)13)10-7(12)4-8(14-10)15(16)17/h1-4,14H. The second kappa shape index (κ2) is 4.56. The Morgan fingerprint density at radius 1 is 1.18 bits per heavy atom. The van der Waals surface area contributed by atoms with Gasteiger partial charge in [0.2, 0.25) is 0 Å². The fraction of sp³-hybridized carbons (Fsp3) is 0. The first-order valence-corrected chi connectivity index (χ1v) is 5.61. The van der Waals surface area contributed by atoms with Crippen molar-refractivity contribution in [3.63, 3.8) is 0 Å². The van der Waals surface area contributed by atoms with Crippen LogP contribution in [0.2, 0.25) is 15.1 Å². The lowest BCUT2D eigenvalue weighted by atomic mass is 10.1. The summed E-state index contributed by atoms with van der Waals surface area (Å²) in [5, 5.41) is 11.5. The normalized spacial score (nSPS) is 10.5. The minimum atomic E-state index is -0.562. The van der Waals surface area contributed by atoms with E-state index in [2.05, 4.69) is 4.98 Å². The molecular formula is C10H5Cl3N2O2. The minimum absolute atomic E-state index is 0.193. The fourth-order valence-electron chi connectivity index (χ4n) is 1.41. The summed E-state index contributed by atoms with van der Waals surface area (Å²) in [5.41, 5.74) is 0.906. The van der Waals surface area contributed by atoms with Gasteiger partial charge in [-0.25, -0.2) is 4.98 Å². The van der Waals surface area contributed by atoms with Crippen molar-refractivity contribution in [2.24, 2.45) is 0 Å². The van der Waals surface area contributed by atoms with Gasteiger partial charge in [-0.15, -0.1) is 0 Å². The van der Waals surface area contributed by atoms with E-state index in [0.29, 0.717) is 21.3 Å². The van der Waals surface area contributed by atoms with Crippen LogP contribution in [0.3, 0.4) is 0 Å². The highest BCUT2D eigenvalue weighted by atomic mass is 35.5. The number of hydrogen-bond acceptors (Lipinski definition) is 2. The molecule has 7 heteroatoms. The third kappa shape index (κ3) is 2.24. The van der Waals surface area contributed by atoms with Crippen LogP contribution in [0.25, 0.3) is 11.3 Å². The van der Waals surface area contributed by atoms with Crippen LogP contribution in [0.15, 0.2) is 24.3 Å². The monoisotopic (exact) mass is 290 g/mol. The molecule has 0 radical (unpaired) electrons. The number of benzene rings is 1. The van der Waals surface area contributed by atoms with E-state index in [1.165, 1.54) is 6.07 Å². The number of aromatic nitrogens is 1. The first kappa shape index (κ1) is 12.2. The topological polar surface area (TPSA) is 58.9 Å². The zero-order chi connectivity index (χ0) is 12.6. The van der Waals surface area contributed by atoms with E-state index in [1.54, 1.807) is 18.2 Å². The molecule has 1 N–H and O–H groups in total. The summed E-state index contributed by atoms with van der Waals surface area (Å²) < 4.78 is 0. The highest BCUT2D eigenvalue weighted by molar-refractivity contribution is 6.44. The van der Waals surface area contributed by atoms with Crippen molar-refractivity contribution in [3.8, 4) is 11.3 Å². The van der Waals surface area contributed by atoms with Crippen molar-refractivity contribution in [2.75, 3.05) is 0 Å². The van der Waals surface area contributed by atoms with Gasteiger partial charge in [0.15, 0.2) is 5.69 Å². The Morgan fingerprint density at radius 2 is 1.88 bits per heavy atom. The van der Waals surface area contributed by atoms with Gasteiger partial charge >= 0.3 is 5.82 Å². The largest absolute Gasteiger partial charge is 0.358 e. The summed E-state index contributed by atoms with van der Waals surface area (Å²) in [7, 11) is 0. The third-order valence-corrected chi connectivity index (χ3v) is 3.29. The number of nitro groups is 1. The molecule has 0 unspecified atom stereocenters. The number of nitrogens with zero attached hydrogens (tertiary/aromatic N) is 1. The fourth-order valence-corrected chi connectivity index (χ4v) is 2.05. The van der Waals surface area contributed by atoms with E-state index in [-0.39, 0.29) is 10.8 Å². The molecule has 0 aliphatic heterocycles. The van der Waals surface area contributed by atoms with Crippen molar-refractivity contribution in [1.29, 1.82) is 0 Å². The average Bonchev–Trinajstić information content (AvgIpc) is 2.65. The molecule has 0 aliphatic rings. The first-order chi connectivity index (χ1) is 8.00. The number of halogens is 3. The average molecular weight is 292 g/mol. The lowest BCUT2D eigenvalue weighted by Crippen LogP contribution is -1.87. The van der Waals surface area contributed by atoms with Crippen LogP contribution in [0.1, 0.15) is 0 Å². The van der Waals surface area contributed by atoms with Crippen molar-refractivity contribution < 1.29 is 4.92 Å². The van der Waals surface area contributed by atoms with Crippen molar-refractivity contribution in [2.45, 2.75) is 0 Å². The summed E-state index contributed by atoms with van der Waals surface area (Å²) in [6.45, 7) is 0.